The van der Waals surface area contributed by atoms with Crippen LogP contribution in [0.5, 0.6) is 0 Å². The molecule has 130 valence electrons. The molecular weight excluding hydrogens is 332 g/mol. The molecule has 0 saturated carbocycles. The van der Waals surface area contributed by atoms with Gasteiger partial charge in [0.15, 0.2) is 11.5 Å². The van der Waals surface area contributed by atoms with Crippen molar-refractivity contribution in [3.8, 4) is 0 Å². The summed E-state index contributed by atoms with van der Waals surface area (Å²) in [5.41, 5.74) is 0.348. The van der Waals surface area contributed by atoms with Crippen molar-refractivity contribution in [2.24, 2.45) is 5.41 Å². The van der Waals surface area contributed by atoms with Crippen LogP contribution in [0.2, 0.25) is 5.15 Å². The Morgan fingerprint density at radius 1 is 1.38 bits per heavy atom. The first-order valence-electron chi connectivity index (χ1n) is 7.67. The Kier molecular flexibility index (Phi) is 5.01. The second kappa shape index (κ2) is 6.53. The molecule has 0 aliphatic carbocycles. The molecule has 0 radical (unpaired) electrons. The van der Waals surface area contributed by atoms with Crippen molar-refractivity contribution >= 4 is 23.4 Å². The summed E-state index contributed by atoms with van der Waals surface area (Å²) in [7, 11) is 0. The molecule has 1 unspecified atom stereocenters. The van der Waals surface area contributed by atoms with Crippen molar-refractivity contribution in [1.82, 2.24) is 10.0 Å². The molecule has 24 heavy (non-hydrogen) atoms. The number of hydrogen-bond donors (Lipinski definition) is 1. The molecule has 7 heteroatoms. The van der Waals surface area contributed by atoms with Gasteiger partial charge in [-0.1, -0.05) is 32.4 Å². The zero-order chi connectivity index (χ0) is 18.2. The molecule has 0 bridgehead atoms. The number of aromatic nitrogens is 1. The number of pyridine rings is 1. The predicted molar refractivity (Wildman–Crippen MR) is 89.7 cm³/mol. The van der Waals surface area contributed by atoms with Crippen molar-refractivity contribution in [2.45, 2.75) is 40.7 Å². The number of rotatable bonds is 4. The number of carboxylic acids is 1. The van der Waals surface area contributed by atoms with Gasteiger partial charge in [-0.2, -0.15) is 0 Å². The highest BCUT2D eigenvalue weighted by molar-refractivity contribution is 6.29. The predicted octanol–water partition coefficient (Wildman–Crippen LogP) is 3.25. The van der Waals surface area contributed by atoms with E-state index in [0.717, 1.165) is 0 Å². The van der Waals surface area contributed by atoms with Gasteiger partial charge >= 0.3 is 5.97 Å². The number of aryl methyl sites for hydroxylation is 1. The van der Waals surface area contributed by atoms with Gasteiger partial charge < -0.3 is 5.11 Å². The fourth-order valence-corrected chi connectivity index (χ4v) is 2.87. The molecule has 0 saturated heterocycles. The second-order valence-electron chi connectivity index (χ2n) is 6.71. The summed E-state index contributed by atoms with van der Waals surface area (Å²) >= 11 is 5.85. The smallest absolute Gasteiger partial charge is 0.355 e. The zero-order valence-electron chi connectivity index (χ0n) is 14.4. The number of carbonyl (C=O) groups is 2. The third kappa shape index (κ3) is 3.30. The van der Waals surface area contributed by atoms with Gasteiger partial charge in [-0.3, -0.25) is 9.63 Å². The lowest BCUT2D eigenvalue weighted by Crippen LogP contribution is -2.33. The Labute approximate surface area is 146 Å². The number of carbonyl (C=O) groups excluding carboxylic acids is 1. The van der Waals surface area contributed by atoms with Crippen LogP contribution in [-0.4, -0.2) is 39.6 Å². The Morgan fingerprint density at radius 2 is 2.00 bits per heavy atom. The first-order chi connectivity index (χ1) is 11.1. The number of ketones is 1. The van der Waals surface area contributed by atoms with Crippen LogP contribution < -0.4 is 0 Å². The SMILES string of the molecule is CCN1OC(C(C)(C)C)C(C(=O)c2ccc(Cl)nc2C)=C1C(=O)O. The quantitative estimate of drug-likeness (QED) is 0.662. The molecule has 2 rings (SSSR count). The molecule has 2 heterocycles. The molecule has 1 aliphatic rings. The minimum absolute atomic E-state index is 0.114. The molecule has 0 aromatic carbocycles. The van der Waals surface area contributed by atoms with E-state index in [4.69, 9.17) is 16.4 Å². The summed E-state index contributed by atoms with van der Waals surface area (Å²) in [4.78, 5) is 34.7. The number of nitrogens with zero attached hydrogens (tertiary/aromatic N) is 2. The second-order valence-corrected chi connectivity index (χ2v) is 7.10. The number of Topliss-reactive ketones (excluding diaryl/α,β-unsaturated/α-hetero) is 1. The van der Waals surface area contributed by atoms with Crippen LogP contribution >= 0.6 is 11.6 Å². The first kappa shape index (κ1) is 18.4. The molecule has 1 N–H and O–H groups in total. The van der Waals surface area contributed by atoms with Crippen LogP contribution in [0.3, 0.4) is 0 Å². The Hall–Kier alpha value is -1.92. The van der Waals surface area contributed by atoms with Crippen molar-refractivity contribution in [2.75, 3.05) is 6.54 Å². The average molecular weight is 353 g/mol. The molecule has 0 amide bonds. The fourth-order valence-electron chi connectivity index (χ4n) is 2.68. The van der Waals surface area contributed by atoms with Gasteiger partial charge in [0.25, 0.3) is 0 Å². The highest BCUT2D eigenvalue weighted by Gasteiger charge is 2.45. The van der Waals surface area contributed by atoms with Gasteiger partial charge in [0.1, 0.15) is 11.3 Å². The summed E-state index contributed by atoms with van der Waals surface area (Å²) in [6.45, 7) is 9.46. The number of aliphatic carboxylic acids is 1. The van der Waals surface area contributed by atoms with Gasteiger partial charge in [-0.15, -0.1) is 0 Å². The molecule has 6 nitrogen and oxygen atoms in total. The monoisotopic (exact) mass is 352 g/mol. The molecule has 1 aromatic heterocycles. The topological polar surface area (TPSA) is 79.7 Å². The minimum Gasteiger partial charge on any atom is -0.476 e. The third-order valence-corrected chi connectivity index (χ3v) is 4.03. The highest BCUT2D eigenvalue weighted by atomic mass is 35.5. The lowest BCUT2D eigenvalue weighted by molar-refractivity contribution is -0.171. The third-order valence-electron chi connectivity index (χ3n) is 3.82. The maximum Gasteiger partial charge on any atom is 0.355 e. The molecule has 1 aliphatic heterocycles. The van der Waals surface area contributed by atoms with Gasteiger partial charge in [0, 0.05) is 12.1 Å². The number of carboxylic acid groups (broad SMARTS) is 1. The summed E-state index contributed by atoms with van der Waals surface area (Å²) in [6.07, 6.45) is -0.661. The van der Waals surface area contributed by atoms with E-state index in [-0.39, 0.29) is 16.4 Å². The Morgan fingerprint density at radius 3 is 2.46 bits per heavy atom. The number of hydroxylamine groups is 2. The van der Waals surface area contributed by atoms with Gasteiger partial charge in [0.05, 0.1) is 11.3 Å². The van der Waals surface area contributed by atoms with Crippen LogP contribution in [0.1, 0.15) is 43.7 Å². The number of hydrogen-bond acceptors (Lipinski definition) is 5. The lowest BCUT2D eigenvalue weighted by atomic mass is 9.81. The van der Waals surface area contributed by atoms with Gasteiger partial charge in [-0.25, -0.2) is 14.8 Å². The Bertz CT molecular complexity index is 722. The van der Waals surface area contributed by atoms with Gasteiger partial charge in [0.2, 0.25) is 0 Å². The standard InChI is InChI=1S/C17H21ClN2O4/c1-6-20-13(16(22)23)12(15(24-20)17(3,4)5)14(21)10-7-8-11(18)19-9(10)2/h7-8,15H,6H2,1-5H3,(H,22,23). The molecule has 0 spiro atoms. The van der Waals surface area contributed by atoms with E-state index in [1.54, 1.807) is 19.9 Å². The number of likely N-dealkylation sites (N-methyl/N-ethyl adjacent to an activating group) is 1. The lowest BCUT2D eigenvalue weighted by Gasteiger charge is -2.28. The van der Waals surface area contributed by atoms with E-state index in [2.05, 4.69) is 4.98 Å². The maximum absolute atomic E-state index is 13.1. The van der Waals surface area contributed by atoms with Crippen molar-refractivity contribution in [1.29, 1.82) is 0 Å². The Balaban J connectivity index is 2.64. The normalized spacial score (nSPS) is 18.2. The summed E-state index contributed by atoms with van der Waals surface area (Å²) in [5, 5.41) is 11.2. The van der Waals surface area contributed by atoms with Crippen LogP contribution in [0, 0.1) is 12.3 Å². The van der Waals surface area contributed by atoms with Crippen LogP contribution in [0.25, 0.3) is 0 Å². The molecular formula is C17H21ClN2O4. The van der Waals surface area contributed by atoms with Crippen molar-refractivity contribution in [3.05, 3.63) is 39.8 Å². The largest absolute Gasteiger partial charge is 0.476 e. The van der Waals surface area contributed by atoms with Crippen molar-refractivity contribution in [3.63, 3.8) is 0 Å². The van der Waals surface area contributed by atoms with Crippen LogP contribution in [0.4, 0.5) is 0 Å². The molecule has 1 atom stereocenters. The molecule has 0 fully saturated rings. The number of halogens is 1. The maximum atomic E-state index is 13.1. The fraction of sp³-hybridized carbons (Fsp3) is 0.471. The van der Waals surface area contributed by atoms with E-state index in [0.29, 0.717) is 17.8 Å². The summed E-state index contributed by atoms with van der Waals surface area (Å²) < 4.78 is 0. The summed E-state index contributed by atoms with van der Waals surface area (Å²) in [5.74, 6) is -1.59. The van der Waals surface area contributed by atoms with E-state index < -0.39 is 23.3 Å². The minimum atomic E-state index is -1.19. The average Bonchev–Trinajstić information content (AvgIpc) is 2.86. The summed E-state index contributed by atoms with van der Waals surface area (Å²) in [6, 6.07) is 3.08. The van der Waals surface area contributed by atoms with E-state index in [9.17, 15) is 14.7 Å². The van der Waals surface area contributed by atoms with E-state index >= 15 is 0 Å². The first-order valence-corrected chi connectivity index (χ1v) is 8.05. The van der Waals surface area contributed by atoms with E-state index in [1.807, 2.05) is 20.8 Å². The zero-order valence-corrected chi connectivity index (χ0v) is 15.1. The van der Waals surface area contributed by atoms with E-state index in [1.165, 1.54) is 11.1 Å². The van der Waals surface area contributed by atoms with Gasteiger partial charge in [-0.05, 0) is 31.4 Å². The van der Waals surface area contributed by atoms with Crippen molar-refractivity contribution < 1.29 is 19.5 Å². The van der Waals surface area contributed by atoms with Crippen LogP contribution in [-0.2, 0) is 9.63 Å². The molecule has 1 aromatic rings. The highest BCUT2D eigenvalue weighted by Crippen LogP contribution is 2.39. The van der Waals surface area contributed by atoms with Crippen LogP contribution in [0.15, 0.2) is 23.4 Å².